The molecule has 0 radical (unpaired) electrons. The monoisotopic (exact) mass is 313 g/mol. The highest BCUT2D eigenvalue weighted by Gasteiger charge is 2.24. The van der Waals surface area contributed by atoms with Gasteiger partial charge in [-0.25, -0.2) is 0 Å². The van der Waals surface area contributed by atoms with Crippen LogP contribution in [-0.2, 0) is 6.54 Å². The minimum absolute atomic E-state index is 0.667. The molecule has 0 aromatic heterocycles. The quantitative estimate of drug-likeness (QED) is 0.904. The van der Waals surface area contributed by atoms with E-state index >= 15 is 0 Å². The van der Waals surface area contributed by atoms with Gasteiger partial charge in [0.05, 0.1) is 14.2 Å². The molecule has 0 spiro atoms. The van der Waals surface area contributed by atoms with E-state index in [-0.39, 0.29) is 0 Å². The van der Waals surface area contributed by atoms with Gasteiger partial charge in [-0.05, 0) is 36.5 Å². The van der Waals surface area contributed by atoms with Gasteiger partial charge < -0.3 is 14.8 Å². The lowest BCUT2D eigenvalue weighted by molar-refractivity contribution is 0.240. The first-order valence-corrected chi connectivity index (χ1v) is 7.07. The molecule has 1 fully saturated rings. The van der Waals surface area contributed by atoms with Gasteiger partial charge in [0.25, 0.3) is 0 Å². The molecule has 0 bridgehead atoms. The van der Waals surface area contributed by atoms with E-state index in [0.717, 1.165) is 28.4 Å². The van der Waals surface area contributed by atoms with Gasteiger partial charge in [-0.1, -0.05) is 22.9 Å². The van der Waals surface area contributed by atoms with Crippen LogP contribution in [0.3, 0.4) is 0 Å². The van der Waals surface area contributed by atoms with Crippen LogP contribution in [0.5, 0.6) is 11.5 Å². The number of halogens is 1. The summed E-state index contributed by atoms with van der Waals surface area (Å²) in [6, 6.07) is 4.65. The first-order valence-electron chi connectivity index (χ1n) is 6.27. The maximum atomic E-state index is 5.32. The maximum Gasteiger partial charge on any atom is 0.161 e. The molecule has 1 aliphatic rings. The highest BCUT2D eigenvalue weighted by Crippen LogP contribution is 2.34. The lowest BCUT2D eigenvalue weighted by atomic mass is 9.82. The summed E-state index contributed by atoms with van der Waals surface area (Å²) in [4.78, 5) is 0. The molecule has 1 saturated carbocycles. The van der Waals surface area contributed by atoms with E-state index in [1.165, 1.54) is 18.4 Å². The third-order valence-corrected chi connectivity index (χ3v) is 4.25. The van der Waals surface area contributed by atoms with E-state index < -0.39 is 0 Å². The Bertz CT molecular complexity index is 417. The van der Waals surface area contributed by atoms with E-state index in [1.54, 1.807) is 14.2 Å². The van der Waals surface area contributed by atoms with Gasteiger partial charge in [0.2, 0.25) is 0 Å². The minimum Gasteiger partial charge on any atom is -0.493 e. The third kappa shape index (κ3) is 2.98. The lowest BCUT2D eigenvalue weighted by Crippen LogP contribution is -2.39. The van der Waals surface area contributed by atoms with Crippen molar-refractivity contribution in [3.8, 4) is 11.5 Å². The van der Waals surface area contributed by atoms with Gasteiger partial charge in [-0.3, -0.25) is 0 Å². The lowest BCUT2D eigenvalue weighted by Gasteiger charge is -2.33. The average Bonchev–Trinajstić information content (AvgIpc) is 2.34. The molecule has 1 aromatic carbocycles. The fourth-order valence-electron chi connectivity index (χ4n) is 2.36. The first kappa shape index (κ1) is 13.7. The highest BCUT2D eigenvalue weighted by atomic mass is 79.9. The Morgan fingerprint density at radius 3 is 2.39 bits per heavy atom. The summed E-state index contributed by atoms with van der Waals surface area (Å²) in [5.41, 5.74) is 1.20. The largest absolute Gasteiger partial charge is 0.493 e. The summed E-state index contributed by atoms with van der Waals surface area (Å²) in [5.74, 6) is 2.40. The number of methoxy groups -OCH3 is 2. The number of hydrogen-bond acceptors (Lipinski definition) is 3. The van der Waals surface area contributed by atoms with Crippen molar-refractivity contribution in [3.05, 3.63) is 22.2 Å². The Labute approximate surface area is 117 Å². The summed E-state index contributed by atoms with van der Waals surface area (Å²) in [7, 11) is 3.31. The summed E-state index contributed by atoms with van der Waals surface area (Å²) in [6.45, 7) is 3.16. The van der Waals surface area contributed by atoms with Crippen LogP contribution >= 0.6 is 15.9 Å². The molecule has 1 aliphatic carbocycles. The second-order valence-corrected chi connectivity index (χ2v) is 5.81. The van der Waals surface area contributed by atoms with Crippen molar-refractivity contribution in [3.63, 3.8) is 0 Å². The predicted molar refractivity (Wildman–Crippen MR) is 76.3 cm³/mol. The maximum absolute atomic E-state index is 5.32. The number of hydrogen-bond donors (Lipinski definition) is 1. The topological polar surface area (TPSA) is 30.5 Å². The Kier molecular flexibility index (Phi) is 4.51. The smallest absolute Gasteiger partial charge is 0.161 e. The van der Waals surface area contributed by atoms with Gasteiger partial charge in [-0.15, -0.1) is 0 Å². The van der Waals surface area contributed by atoms with Crippen LogP contribution in [0.1, 0.15) is 25.3 Å². The average molecular weight is 314 g/mol. The van der Waals surface area contributed by atoms with Crippen molar-refractivity contribution < 1.29 is 9.47 Å². The van der Waals surface area contributed by atoms with Crippen molar-refractivity contribution >= 4 is 15.9 Å². The molecule has 0 atom stereocenters. The summed E-state index contributed by atoms with van der Waals surface area (Å²) in [6.07, 6.45) is 2.57. The molecule has 0 unspecified atom stereocenters. The zero-order valence-electron chi connectivity index (χ0n) is 11.1. The molecule has 0 heterocycles. The van der Waals surface area contributed by atoms with Crippen molar-refractivity contribution in [2.75, 3.05) is 14.2 Å². The SMILES string of the molecule is COc1cc(Br)c(CNC2CC(C)C2)cc1OC. The van der Waals surface area contributed by atoms with Crippen molar-refractivity contribution in [2.24, 2.45) is 5.92 Å². The number of nitrogens with one attached hydrogen (secondary N) is 1. The van der Waals surface area contributed by atoms with E-state index in [0.29, 0.717) is 6.04 Å². The van der Waals surface area contributed by atoms with Crippen LogP contribution in [0.2, 0.25) is 0 Å². The third-order valence-electron chi connectivity index (χ3n) is 3.51. The molecule has 1 N–H and O–H groups in total. The van der Waals surface area contributed by atoms with Gasteiger partial charge >= 0.3 is 0 Å². The molecule has 100 valence electrons. The summed E-state index contributed by atoms with van der Waals surface area (Å²) >= 11 is 3.58. The molecule has 1 aromatic rings. The van der Waals surface area contributed by atoms with E-state index in [4.69, 9.17) is 9.47 Å². The molecule has 4 heteroatoms. The second kappa shape index (κ2) is 5.93. The van der Waals surface area contributed by atoms with Gasteiger partial charge in [0, 0.05) is 17.1 Å². The summed E-state index contributed by atoms with van der Waals surface area (Å²) in [5, 5.41) is 3.57. The van der Waals surface area contributed by atoms with Gasteiger partial charge in [0.1, 0.15) is 0 Å². The fourth-order valence-corrected chi connectivity index (χ4v) is 2.82. The van der Waals surface area contributed by atoms with E-state index in [2.05, 4.69) is 28.2 Å². The Morgan fingerprint density at radius 1 is 1.22 bits per heavy atom. The molecular formula is C14H20BrNO2. The number of ether oxygens (including phenoxy) is 2. The molecule has 18 heavy (non-hydrogen) atoms. The van der Waals surface area contributed by atoms with Crippen molar-refractivity contribution in [1.82, 2.24) is 5.32 Å². The van der Waals surface area contributed by atoms with Crippen LogP contribution in [-0.4, -0.2) is 20.3 Å². The van der Waals surface area contributed by atoms with Crippen LogP contribution in [0.4, 0.5) is 0 Å². The Hall–Kier alpha value is -0.740. The molecular weight excluding hydrogens is 294 g/mol. The predicted octanol–water partition coefficient (Wildman–Crippen LogP) is 3.35. The van der Waals surface area contributed by atoms with Crippen LogP contribution < -0.4 is 14.8 Å². The van der Waals surface area contributed by atoms with Gasteiger partial charge in [-0.2, -0.15) is 0 Å². The zero-order valence-corrected chi connectivity index (χ0v) is 12.7. The minimum atomic E-state index is 0.667. The number of benzene rings is 1. The van der Waals surface area contributed by atoms with E-state index in [9.17, 15) is 0 Å². The van der Waals surface area contributed by atoms with Gasteiger partial charge in [0.15, 0.2) is 11.5 Å². The van der Waals surface area contributed by atoms with Crippen molar-refractivity contribution in [2.45, 2.75) is 32.4 Å². The molecule has 3 nitrogen and oxygen atoms in total. The standard InChI is InChI=1S/C14H20BrNO2/c1-9-4-11(5-9)16-8-10-6-13(17-2)14(18-3)7-12(10)15/h6-7,9,11,16H,4-5,8H2,1-3H3. The highest BCUT2D eigenvalue weighted by molar-refractivity contribution is 9.10. The fraction of sp³-hybridized carbons (Fsp3) is 0.571. The van der Waals surface area contributed by atoms with Crippen LogP contribution in [0.15, 0.2) is 16.6 Å². The first-order chi connectivity index (χ1) is 8.63. The van der Waals surface area contributed by atoms with Crippen LogP contribution in [0, 0.1) is 5.92 Å². The summed E-state index contributed by atoms with van der Waals surface area (Å²) < 4.78 is 11.6. The Balaban J connectivity index is 2.03. The molecule has 2 rings (SSSR count). The van der Waals surface area contributed by atoms with E-state index in [1.807, 2.05) is 12.1 Å². The number of rotatable bonds is 5. The van der Waals surface area contributed by atoms with Crippen molar-refractivity contribution in [1.29, 1.82) is 0 Å². The molecule has 0 saturated heterocycles. The second-order valence-electron chi connectivity index (χ2n) is 4.95. The van der Waals surface area contributed by atoms with Crippen LogP contribution in [0.25, 0.3) is 0 Å². The molecule has 0 amide bonds. The molecule has 0 aliphatic heterocycles. The Morgan fingerprint density at radius 2 is 1.83 bits per heavy atom. The normalized spacial score (nSPS) is 22.4. The zero-order chi connectivity index (χ0) is 13.1.